The van der Waals surface area contributed by atoms with Gasteiger partial charge in [0, 0.05) is 19.4 Å². The average molecular weight is 241 g/mol. The summed E-state index contributed by atoms with van der Waals surface area (Å²) in [5, 5.41) is 0. The van der Waals surface area contributed by atoms with Crippen LogP contribution in [0.25, 0.3) is 17.0 Å². The van der Waals surface area contributed by atoms with E-state index in [-0.39, 0.29) is 5.69 Å². The topological polar surface area (TPSA) is 64.7 Å². The van der Waals surface area contributed by atoms with Gasteiger partial charge in [-0.25, -0.2) is 24.0 Å². The lowest BCUT2D eigenvalue weighted by Crippen LogP contribution is -2.28. The predicted octanol–water partition coefficient (Wildman–Crippen LogP) is 0.755. The van der Waals surface area contributed by atoms with Gasteiger partial charge in [0.1, 0.15) is 0 Å². The number of fused-ring (bicyclic) bond motifs is 1. The average Bonchev–Trinajstić information content (AvgIpc) is 2.71. The van der Waals surface area contributed by atoms with Crippen molar-refractivity contribution in [3.63, 3.8) is 0 Å². The summed E-state index contributed by atoms with van der Waals surface area (Å²) in [6, 6.07) is 9.20. The fraction of sp³-hybridized carbons (Fsp3) is 0.0833. The van der Waals surface area contributed by atoms with Crippen molar-refractivity contribution < 1.29 is 0 Å². The van der Waals surface area contributed by atoms with Crippen LogP contribution in [-0.2, 0) is 0 Å². The summed E-state index contributed by atoms with van der Waals surface area (Å²) in [6.45, 7) is 0. The molecule has 0 fully saturated rings. The van der Waals surface area contributed by atoms with Crippen molar-refractivity contribution in [1.29, 1.82) is 0 Å². The molecule has 0 bridgehead atoms. The highest BCUT2D eigenvalue weighted by molar-refractivity contribution is 5.77. The lowest BCUT2D eigenvalue weighted by molar-refractivity contribution is 0.824. The summed E-state index contributed by atoms with van der Waals surface area (Å²) in [7, 11) is 1.70. The van der Waals surface area contributed by atoms with E-state index in [0.717, 1.165) is 11.0 Å². The van der Waals surface area contributed by atoms with Gasteiger partial charge in [0.25, 0.3) is 0 Å². The maximum Gasteiger partial charge on any atom is 0.354 e. The van der Waals surface area contributed by atoms with Crippen molar-refractivity contribution >= 4 is 11.0 Å². The van der Waals surface area contributed by atoms with E-state index < -0.39 is 0 Å². The maximum atomic E-state index is 12.3. The molecule has 0 saturated heterocycles. The molecule has 0 radical (unpaired) electrons. The summed E-state index contributed by atoms with van der Waals surface area (Å²) in [5.74, 6) is 0.368. The number of nitrogens with one attached hydrogen (secondary N) is 1. The van der Waals surface area contributed by atoms with Crippen molar-refractivity contribution in [3.05, 3.63) is 53.2 Å². The van der Waals surface area contributed by atoms with Crippen molar-refractivity contribution in [1.82, 2.24) is 19.2 Å². The normalized spacial score (nSPS) is 10.7. The van der Waals surface area contributed by atoms with Crippen LogP contribution in [-0.4, -0.2) is 26.3 Å². The number of para-hydroxylation sites is 2. The number of rotatable bonds is 2. The third-order valence-corrected chi connectivity index (χ3v) is 2.72. The molecular formula is C12H11N5O. The second-order valence-corrected chi connectivity index (χ2v) is 3.71. The van der Waals surface area contributed by atoms with E-state index in [9.17, 15) is 4.79 Å². The molecule has 3 rings (SSSR count). The largest absolute Gasteiger partial charge is 0.354 e. The lowest BCUT2D eigenvalue weighted by Gasteiger charge is -1.99. The van der Waals surface area contributed by atoms with E-state index in [1.165, 1.54) is 9.24 Å². The number of hydrogen-bond donors (Lipinski definition) is 1. The Morgan fingerprint density at radius 1 is 1.06 bits per heavy atom. The first-order valence-corrected chi connectivity index (χ1v) is 5.50. The van der Waals surface area contributed by atoms with E-state index in [2.05, 4.69) is 15.4 Å². The Bertz CT molecular complexity index is 744. The monoisotopic (exact) mass is 241 g/mol. The molecule has 6 heteroatoms. The Balaban J connectivity index is 2.43. The summed E-state index contributed by atoms with van der Waals surface area (Å²) in [6.07, 6.45) is 3.22. The zero-order valence-electron chi connectivity index (χ0n) is 9.74. The van der Waals surface area contributed by atoms with Crippen LogP contribution in [0.5, 0.6) is 0 Å². The third kappa shape index (κ3) is 1.39. The smallest absolute Gasteiger partial charge is 0.324 e. The van der Waals surface area contributed by atoms with Gasteiger partial charge in [-0.2, -0.15) is 0 Å². The van der Waals surface area contributed by atoms with Crippen LogP contribution in [0.15, 0.2) is 47.5 Å². The third-order valence-electron chi connectivity index (χ3n) is 2.72. The summed E-state index contributed by atoms with van der Waals surface area (Å²) >= 11 is 0. The van der Waals surface area contributed by atoms with Crippen LogP contribution in [0, 0.1) is 0 Å². The molecule has 0 saturated carbocycles. The fourth-order valence-electron chi connectivity index (χ4n) is 1.96. The molecule has 18 heavy (non-hydrogen) atoms. The minimum Gasteiger partial charge on any atom is -0.324 e. The van der Waals surface area contributed by atoms with Crippen LogP contribution >= 0.6 is 0 Å². The van der Waals surface area contributed by atoms with Crippen LogP contribution in [0.3, 0.4) is 0 Å². The molecule has 0 unspecified atom stereocenters. The molecule has 2 heterocycles. The van der Waals surface area contributed by atoms with E-state index in [1.54, 1.807) is 25.5 Å². The molecule has 0 aliphatic rings. The first-order chi connectivity index (χ1) is 8.83. The first kappa shape index (κ1) is 10.5. The van der Waals surface area contributed by atoms with Gasteiger partial charge in [0.15, 0.2) is 0 Å². The predicted molar refractivity (Wildman–Crippen MR) is 68.4 cm³/mol. The Kier molecular flexibility index (Phi) is 2.33. The van der Waals surface area contributed by atoms with Gasteiger partial charge in [0.05, 0.1) is 11.0 Å². The first-order valence-electron chi connectivity index (χ1n) is 5.50. The summed E-state index contributed by atoms with van der Waals surface area (Å²) in [5.41, 5.74) is 4.19. The van der Waals surface area contributed by atoms with Crippen molar-refractivity contribution in [2.75, 3.05) is 12.5 Å². The van der Waals surface area contributed by atoms with E-state index in [0.29, 0.717) is 5.95 Å². The molecule has 3 aromatic rings. The summed E-state index contributed by atoms with van der Waals surface area (Å²) in [4.78, 5) is 20.5. The SMILES string of the molecule is CNn1c(=O)n(-c2ncccn2)c2ccccc21. The van der Waals surface area contributed by atoms with Gasteiger partial charge in [-0.05, 0) is 18.2 Å². The van der Waals surface area contributed by atoms with Crippen molar-refractivity contribution in [3.8, 4) is 5.95 Å². The molecular weight excluding hydrogens is 230 g/mol. The van der Waals surface area contributed by atoms with Gasteiger partial charge in [-0.3, -0.25) is 0 Å². The number of nitrogens with zero attached hydrogens (tertiary/aromatic N) is 4. The zero-order valence-corrected chi connectivity index (χ0v) is 9.74. The molecule has 0 atom stereocenters. The summed E-state index contributed by atoms with van der Waals surface area (Å²) < 4.78 is 2.94. The minimum absolute atomic E-state index is 0.218. The number of hydrogen-bond acceptors (Lipinski definition) is 4. The number of benzene rings is 1. The Hall–Kier alpha value is -2.63. The quantitative estimate of drug-likeness (QED) is 0.719. The fourth-order valence-corrected chi connectivity index (χ4v) is 1.96. The standard InChI is InChI=1S/C12H11N5O/c1-13-17-10-6-3-2-5-9(10)16(12(17)18)11-14-7-4-8-15-11/h2-8,13H,1H3. The van der Waals surface area contributed by atoms with Crippen LogP contribution in [0.1, 0.15) is 0 Å². The maximum absolute atomic E-state index is 12.3. The molecule has 90 valence electrons. The molecule has 6 nitrogen and oxygen atoms in total. The number of aromatic nitrogens is 4. The van der Waals surface area contributed by atoms with Crippen LogP contribution < -0.4 is 11.1 Å². The minimum atomic E-state index is -0.218. The van der Waals surface area contributed by atoms with Gasteiger partial charge < -0.3 is 5.43 Å². The highest BCUT2D eigenvalue weighted by atomic mass is 16.2. The number of imidazole rings is 1. The van der Waals surface area contributed by atoms with E-state index in [1.807, 2.05) is 24.3 Å². The Morgan fingerprint density at radius 3 is 2.39 bits per heavy atom. The highest BCUT2D eigenvalue weighted by Gasteiger charge is 2.14. The Labute approximate surface area is 103 Å². The Morgan fingerprint density at radius 2 is 1.72 bits per heavy atom. The molecule has 2 aromatic heterocycles. The van der Waals surface area contributed by atoms with Crippen molar-refractivity contribution in [2.24, 2.45) is 0 Å². The van der Waals surface area contributed by atoms with Gasteiger partial charge in [-0.1, -0.05) is 12.1 Å². The van der Waals surface area contributed by atoms with Gasteiger partial charge in [-0.15, -0.1) is 0 Å². The van der Waals surface area contributed by atoms with Gasteiger partial charge >= 0.3 is 5.69 Å². The van der Waals surface area contributed by atoms with Gasteiger partial charge in [0.2, 0.25) is 5.95 Å². The zero-order chi connectivity index (χ0) is 12.5. The highest BCUT2D eigenvalue weighted by Crippen LogP contribution is 2.13. The molecule has 0 aliphatic carbocycles. The molecule has 0 aliphatic heterocycles. The van der Waals surface area contributed by atoms with Crippen LogP contribution in [0.2, 0.25) is 0 Å². The van der Waals surface area contributed by atoms with E-state index in [4.69, 9.17) is 0 Å². The lowest BCUT2D eigenvalue weighted by atomic mass is 10.3. The second kappa shape index (κ2) is 3.99. The van der Waals surface area contributed by atoms with Crippen molar-refractivity contribution in [2.45, 2.75) is 0 Å². The molecule has 0 amide bonds. The molecule has 0 spiro atoms. The second-order valence-electron chi connectivity index (χ2n) is 3.71. The molecule has 1 aromatic carbocycles. The van der Waals surface area contributed by atoms with Crippen LogP contribution in [0.4, 0.5) is 0 Å². The molecule has 1 N–H and O–H groups in total. The van der Waals surface area contributed by atoms with E-state index >= 15 is 0 Å².